The molecular formula is C7H6BNO2. The third-order valence-corrected chi connectivity index (χ3v) is 1.31. The molecule has 4 heteroatoms. The topological polar surface area (TPSA) is 63.3 Å². The Labute approximate surface area is 65.2 Å². The molecule has 0 aliphatic carbocycles. The lowest BCUT2D eigenvalue weighted by Gasteiger charge is -2.00. The van der Waals surface area contributed by atoms with Crippen LogP contribution in [-0.2, 0) is 0 Å². The molecule has 0 saturated heterocycles. The molecule has 0 aliphatic rings. The van der Waals surface area contributed by atoms with E-state index in [0.29, 0.717) is 5.46 Å². The third kappa shape index (κ3) is 1.52. The first-order valence-corrected chi connectivity index (χ1v) is 2.99. The van der Waals surface area contributed by atoms with E-state index in [9.17, 15) is 4.79 Å². The van der Waals surface area contributed by atoms with Gasteiger partial charge in [-0.05, 0) is 6.07 Å². The molecule has 3 nitrogen and oxygen atoms in total. The maximum atomic E-state index is 10.4. The maximum Gasteiger partial charge on any atom is 0.337 e. The van der Waals surface area contributed by atoms with E-state index in [2.05, 4.69) is 0 Å². The molecule has 0 amide bonds. The second kappa shape index (κ2) is 2.66. The van der Waals surface area contributed by atoms with Crippen molar-refractivity contribution in [3.05, 3.63) is 23.8 Å². The van der Waals surface area contributed by atoms with Crippen molar-refractivity contribution in [1.29, 1.82) is 0 Å². The number of aromatic carboxylic acids is 1. The molecule has 0 fully saturated rings. The van der Waals surface area contributed by atoms with E-state index in [-0.39, 0.29) is 11.3 Å². The first-order valence-electron chi connectivity index (χ1n) is 2.99. The number of nitrogen functional groups attached to an aromatic ring is 1. The van der Waals surface area contributed by atoms with Crippen LogP contribution in [0.5, 0.6) is 0 Å². The van der Waals surface area contributed by atoms with Gasteiger partial charge in [-0.3, -0.25) is 0 Å². The number of carboxylic acids is 1. The molecule has 0 aliphatic heterocycles. The van der Waals surface area contributed by atoms with Crippen LogP contribution in [0.15, 0.2) is 18.2 Å². The summed E-state index contributed by atoms with van der Waals surface area (Å²) < 4.78 is 0. The molecule has 0 aromatic heterocycles. The lowest BCUT2D eigenvalue weighted by molar-refractivity contribution is 0.0698. The largest absolute Gasteiger partial charge is 0.478 e. The summed E-state index contributed by atoms with van der Waals surface area (Å²) in [6, 6.07) is 4.36. The Kier molecular flexibility index (Phi) is 1.85. The Morgan fingerprint density at radius 3 is 2.64 bits per heavy atom. The van der Waals surface area contributed by atoms with Gasteiger partial charge in [-0.25, -0.2) is 4.79 Å². The van der Waals surface area contributed by atoms with Crippen molar-refractivity contribution in [3.63, 3.8) is 0 Å². The first-order chi connectivity index (χ1) is 5.11. The van der Waals surface area contributed by atoms with Gasteiger partial charge in [0, 0.05) is 5.69 Å². The smallest absolute Gasteiger partial charge is 0.337 e. The lowest BCUT2D eigenvalue weighted by atomic mass is 9.94. The van der Waals surface area contributed by atoms with Gasteiger partial charge in [0.05, 0.1) is 5.56 Å². The van der Waals surface area contributed by atoms with E-state index in [1.807, 2.05) is 0 Å². The molecule has 0 spiro atoms. The first kappa shape index (κ1) is 7.66. The minimum absolute atomic E-state index is 0.0463. The van der Waals surface area contributed by atoms with E-state index in [0.717, 1.165) is 0 Å². The Balaban J connectivity index is 3.23. The van der Waals surface area contributed by atoms with Gasteiger partial charge in [0.1, 0.15) is 7.85 Å². The van der Waals surface area contributed by atoms with E-state index < -0.39 is 5.97 Å². The van der Waals surface area contributed by atoms with Crippen LogP contribution >= 0.6 is 0 Å². The maximum absolute atomic E-state index is 10.4. The molecule has 3 N–H and O–H groups in total. The standard InChI is InChI=1S/C7H6BNO2/c8-4-1-2-6(9)5(3-4)7(10)11/h1-3H,9H2,(H,10,11). The van der Waals surface area contributed by atoms with Crippen LogP contribution in [0.25, 0.3) is 0 Å². The number of benzene rings is 1. The summed E-state index contributed by atoms with van der Waals surface area (Å²) in [6.45, 7) is 0. The van der Waals surface area contributed by atoms with Crippen molar-refractivity contribution in [2.45, 2.75) is 0 Å². The predicted octanol–water partition coefficient (Wildman–Crippen LogP) is -0.239. The van der Waals surface area contributed by atoms with Crippen LogP contribution in [0.4, 0.5) is 5.69 Å². The summed E-state index contributed by atoms with van der Waals surface area (Å²) in [6.07, 6.45) is 0. The Morgan fingerprint density at radius 1 is 1.55 bits per heavy atom. The Hall–Kier alpha value is -1.45. The van der Waals surface area contributed by atoms with Crippen molar-refractivity contribution >= 4 is 25.0 Å². The van der Waals surface area contributed by atoms with Crippen molar-refractivity contribution < 1.29 is 9.90 Å². The number of carbonyl (C=O) groups is 1. The molecule has 0 saturated carbocycles. The molecular weight excluding hydrogens is 141 g/mol. The highest BCUT2D eigenvalue weighted by atomic mass is 16.4. The SMILES string of the molecule is [B]c1ccc(N)c(C(=O)O)c1. The van der Waals surface area contributed by atoms with Gasteiger partial charge in [0.15, 0.2) is 0 Å². The summed E-state index contributed by atoms with van der Waals surface area (Å²) in [5, 5.41) is 8.55. The van der Waals surface area contributed by atoms with Gasteiger partial charge in [-0.15, -0.1) is 0 Å². The van der Waals surface area contributed by atoms with E-state index in [1.54, 1.807) is 6.07 Å². The number of hydrogen-bond acceptors (Lipinski definition) is 2. The van der Waals surface area contributed by atoms with Crippen LogP contribution in [0.2, 0.25) is 0 Å². The molecule has 2 radical (unpaired) electrons. The monoisotopic (exact) mass is 147 g/mol. The normalized spacial score (nSPS) is 9.45. The number of nitrogens with two attached hydrogens (primary N) is 1. The van der Waals surface area contributed by atoms with Crippen molar-refractivity contribution in [1.82, 2.24) is 0 Å². The van der Waals surface area contributed by atoms with Gasteiger partial charge < -0.3 is 10.8 Å². The molecule has 11 heavy (non-hydrogen) atoms. The van der Waals surface area contributed by atoms with E-state index >= 15 is 0 Å². The average molecular weight is 147 g/mol. The molecule has 0 unspecified atom stereocenters. The second-order valence-electron chi connectivity index (χ2n) is 2.15. The number of hydrogen-bond donors (Lipinski definition) is 2. The number of rotatable bonds is 1. The van der Waals surface area contributed by atoms with Crippen molar-refractivity contribution in [2.24, 2.45) is 0 Å². The highest BCUT2D eigenvalue weighted by Gasteiger charge is 2.05. The third-order valence-electron chi connectivity index (χ3n) is 1.31. The fourth-order valence-electron chi connectivity index (χ4n) is 0.759. The van der Waals surface area contributed by atoms with Gasteiger partial charge in [-0.2, -0.15) is 0 Å². The van der Waals surface area contributed by atoms with E-state index in [1.165, 1.54) is 12.1 Å². The molecule has 0 heterocycles. The summed E-state index contributed by atoms with van der Waals surface area (Å²) in [5.74, 6) is -1.06. The van der Waals surface area contributed by atoms with Gasteiger partial charge in [0.2, 0.25) is 0 Å². The zero-order chi connectivity index (χ0) is 8.43. The summed E-state index contributed by atoms with van der Waals surface area (Å²) >= 11 is 0. The molecule has 54 valence electrons. The van der Waals surface area contributed by atoms with Crippen LogP contribution in [0, 0.1) is 0 Å². The molecule has 1 aromatic carbocycles. The fourth-order valence-corrected chi connectivity index (χ4v) is 0.759. The molecule has 1 rings (SSSR count). The van der Waals surface area contributed by atoms with Crippen LogP contribution < -0.4 is 11.2 Å². The van der Waals surface area contributed by atoms with Crippen LogP contribution in [-0.4, -0.2) is 18.9 Å². The van der Waals surface area contributed by atoms with E-state index in [4.69, 9.17) is 18.7 Å². The van der Waals surface area contributed by atoms with Gasteiger partial charge in [-0.1, -0.05) is 17.6 Å². The fraction of sp³-hybridized carbons (Fsp3) is 0. The highest BCUT2D eigenvalue weighted by Crippen LogP contribution is 2.07. The van der Waals surface area contributed by atoms with Gasteiger partial charge >= 0.3 is 5.97 Å². The van der Waals surface area contributed by atoms with Crippen molar-refractivity contribution in [3.8, 4) is 0 Å². The Bertz CT molecular complexity index is 298. The number of carboxylic acid groups (broad SMARTS) is 1. The Morgan fingerprint density at radius 2 is 2.18 bits per heavy atom. The minimum atomic E-state index is -1.06. The number of anilines is 1. The van der Waals surface area contributed by atoms with Crippen LogP contribution in [0.1, 0.15) is 10.4 Å². The predicted molar refractivity (Wildman–Crippen MR) is 43.2 cm³/mol. The summed E-state index contributed by atoms with van der Waals surface area (Å²) in [7, 11) is 5.35. The molecule has 0 bridgehead atoms. The van der Waals surface area contributed by atoms with Gasteiger partial charge in [0.25, 0.3) is 0 Å². The quantitative estimate of drug-likeness (QED) is 0.425. The van der Waals surface area contributed by atoms with Crippen molar-refractivity contribution in [2.75, 3.05) is 5.73 Å². The minimum Gasteiger partial charge on any atom is -0.478 e. The zero-order valence-corrected chi connectivity index (χ0v) is 5.74. The van der Waals surface area contributed by atoms with Crippen LogP contribution in [0.3, 0.4) is 0 Å². The highest BCUT2D eigenvalue weighted by molar-refractivity contribution is 6.32. The molecule has 1 aromatic rings. The average Bonchev–Trinajstić information content (AvgIpc) is 1.94. The molecule has 0 atom stereocenters. The summed E-state index contributed by atoms with van der Waals surface area (Å²) in [4.78, 5) is 10.4. The second-order valence-corrected chi connectivity index (χ2v) is 2.15. The summed E-state index contributed by atoms with van der Waals surface area (Å²) in [5.41, 5.74) is 6.03. The zero-order valence-electron chi connectivity index (χ0n) is 5.74. The lowest BCUT2D eigenvalue weighted by Crippen LogP contribution is -2.09.